The van der Waals surface area contributed by atoms with Crippen molar-refractivity contribution in [2.75, 3.05) is 26.7 Å². The maximum absolute atomic E-state index is 12.9. The summed E-state index contributed by atoms with van der Waals surface area (Å²) in [6.45, 7) is 1.99. The molecule has 0 spiro atoms. The number of hydrogen-bond donors (Lipinski definition) is 2. The fraction of sp³-hybridized carbons (Fsp3) is 0.440. The van der Waals surface area contributed by atoms with E-state index >= 15 is 0 Å². The zero-order valence-corrected chi connectivity index (χ0v) is 20.3. The second-order valence-electron chi connectivity index (χ2n) is 8.77. The molecular formula is C25H31N5O3S. The van der Waals surface area contributed by atoms with Gasteiger partial charge in [-0.25, -0.2) is 4.98 Å². The van der Waals surface area contributed by atoms with Gasteiger partial charge in [0.15, 0.2) is 0 Å². The number of benzene rings is 1. The highest BCUT2D eigenvalue weighted by atomic mass is 32.1. The molecule has 2 amide bonds. The van der Waals surface area contributed by atoms with Crippen molar-refractivity contribution < 1.29 is 9.59 Å². The maximum Gasteiger partial charge on any atom is 0.262 e. The molecule has 0 atom stereocenters. The Morgan fingerprint density at radius 2 is 1.91 bits per heavy atom. The summed E-state index contributed by atoms with van der Waals surface area (Å²) in [5, 5.41) is 6.08. The van der Waals surface area contributed by atoms with E-state index in [1.54, 1.807) is 11.3 Å². The Bertz CT molecular complexity index is 1200. The SMILES string of the molecule is CN(CCCNC(=O)CNC(=O)Cn1cnc2sc3c(c2c1=O)CCCC3)Cc1ccccc1. The zero-order chi connectivity index (χ0) is 23.9. The van der Waals surface area contributed by atoms with Crippen LogP contribution in [0, 0.1) is 0 Å². The average molecular weight is 482 g/mol. The van der Waals surface area contributed by atoms with Gasteiger partial charge in [-0.1, -0.05) is 30.3 Å². The van der Waals surface area contributed by atoms with E-state index in [1.165, 1.54) is 21.3 Å². The number of aromatic nitrogens is 2. The standard InChI is InChI=1S/C25H31N5O3S/c1-29(15-18-8-3-2-4-9-18)13-7-12-26-21(31)14-27-22(32)16-30-17-28-24-23(25(30)33)19-10-5-6-11-20(19)34-24/h2-4,8-9,17H,5-7,10-16H2,1H3,(H,26,31)(H,27,32). The molecule has 8 nitrogen and oxygen atoms in total. The van der Waals surface area contributed by atoms with Crippen LogP contribution in [0.25, 0.3) is 10.2 Å². The van der Waals surface area contributed by atoms with E-state index in [9.17, 15) is 14.4 Å². The van der Waals surface area contributed by atoms with E-state index in [0.29, 0.717) is 11.9 Å². The summed E-state index contributed by atoms with van der Waals surface area (Å²) >= 11 is 1.59. The molecule has 180 valence electrons. The number of nitrogens with zero attached hydrogens (tertiary/aromatic N) is 3. The third-order valence-corrected chi connectivity index (χ3v) is 7.24. The second kappa shape index (κ2) is 11.4. The molecular weight excluding hydrogens is 450 g/mol. The lowest BCUT2D eigenvalue weighted by Crippen LogP contribution is -2.40. The topological polar surface area (TPSA) is 96.3 Å². The molecule has 9 heteroatoms. The van der Waals surface area contributed by atoms with Crippen LogP contribution < -0.4 is 16.2 Å². The molecule has 0 unspecified atom stereocenters. The molecule has 0 saturated heterocycles. The first-order valence-electron chi connectivity index (χ1n) is 11.8. The molecule has 1 aromatic carbocycles. The van der Waals surface area contributed by atoms with E-state index in [4.69, 9.17) is 0 Å². The normalized spacial score (nSPS) is 13.1. The minimum Gasteiger partial charge on any atom is -0.355 e. The first kappa shape index (κ1) is 24.1. The van der Waals surface area contributed by atoms with Crippen molar-refractivity contribution in [3.05, 3.63) is 63.0 Å². The number of nitrogens with one attached hydrogen (secondary N) is 2. The van der Waals surface area contributed by atoms with Crippen LogP contribution in [0.3, 0.4) is 0 Å². The lowest BCUT2D eigenvalue weighted by Gasteiger charge is -2.16. The number of amides is 2. The molecule has 0 saturated carbocycles. The lowest BCUT2D eigenvalue weighted by molar-refractivity contribution is -0.126. The summed E-state index contributed by atoms with van der Waals surface area (Å²) in [7, 11) is 2.05. The molecule has 0 radical (unpaired) electrons. The van der Waals surface area contributed by atoms with Crippen LogP contribution in [-0.2, 0) is 35.5 Å². The monoisotopic (exact) mass is 481 g/mol. The molecule has 2 heterocycles. The number of hydrogen-bond acceptors (Lipinski definition) is 6. The quantitative estimate of drug-likeness (QED) is 0.433. The molecule has 1 aliphatic rings. The molecule has 3 aromatic rings. The number of carbonyl (C=O) groups excluding carboxylic acids is 2. The van der Waals surface area contributed by atoms with Gasteiger partial charge in [0, 0.05) is 18.0 Å². The van der Waals surface area contributed by atoms with Gasteiger partial charge < -0.3 is 15.5 Å². The minimum absolute atomic E-state index is 0.114. The number of aryl methyl sites for hydroxylation is 2. The van der Waals surface area contributed by atoms with Gasteiger partial charge in [-0.05, 0) is 56.8 Å². The predicted molar refractivity (Wildman–Crippen MR) is 134 cm³/mol. The fourth-order valence-corrected chi connectivity index (χ4v) is 5.52. The molecule has 2 N–H and O–H groups in total. The highest BCUT2D eigenvalue weighted by Crippen LogP contribution is 2.33. The van der Waals surface area contributed by atoms with E-state index < -0.39 is 0 Å². The van der Waals surface area contributed by atoms with Gasteiger partial charge >= 0.3 is 0 Å². The van der Waals surface area contributed by atoms with Gasteiger partial charge in [0.05, 0.1) is 18.3 Å². The number of fused-ring (bicyclic) bond motifs is 3. The second-order valence-corrected chi connectivity index (χ2v) is 9.86. The highest BCUT2D eigenvalue weighted by Gasteiger charge is 2.20. The van der Waals surface area contributed by atoms with Crippen LogP contribution in [-0.4, -0.2) is 52.9 Å². The van der Waals surface area contributed by atoms with Gasteiger partial charge in [0.1, 0.15) is 11.4 Å². The van der Waals surface area contributed by atoms with Crippen LogP contribution in [0.15, 0.2) is 41.5 Å². The van der Waals surface area contributed by atoms with Crippen LogP contribution in [0.2, 0.25) is 0 Å². The number of carbonyl (C=O) groups is 2. The molecule has 0 aliphatic heterocycles. The van der Waals surface area contributed by atoms with Crippen LogP contribution in [0.5, 0.6) is 0 Å². The summed E-state index contributed by atoms with van der Waals surface area (Å²) in [6.07, 6.45) is 6.35. The van der Waals surface area contributed by atoms with E-state index in [2.05, 4.69) is 39.7 Å². The van der Waals surface area contributed by atoms with E-state index in [0.717, 1.165) is 55.6 Å². The van der Waals surface area contributed by atoms with Gasteiger partial charge in [0.2, 0.25) is 11.8 Å². The summed E-state index contributed by atoms with van der Waals surface area (Å²) in [5.41, 5.74) is 2.18. The third kappa shape index (κ3) is 6.09. The van der Waals surface area contributed by atoms with E-state index in [1.807, 2.05) is 18.2 Å². The number of thiophene rings is 1. The van der Waals surface area contributed by atoms with Crippen molar-refractivity contribution >= 4 is 33.4 Å². The minimum atomic E-state index is -0.384. The molecule has 0 bridgehead atoms. The highest BCUT2D eigenvalue weighted by molar-refractivity contribution is 7.18. The van der Waals surface area contributed by atoms with Crippen molar-refractivity contribution in [2.45, 2.75) is 45.2 Å². The van der Waals surface area contributed by atoms with Gasteiger partial charge in [0.25, 0.3) is 5.56 Å². The van der Waals surface area contributed by atoms with Crippen molar-refractivity contribution in [1.29, 1.82) is 0 Å². The lowest BCUT2D eigenvalue weighted by atomic mass is 9.97. The maximum atomic E-state index is 12.9. The average Bonchev–Trinajstić information content (AvgIpc) is 3.22. The van der Waals surface area contributed by atoms with Crippen LogP contribution in [0.4, 0.5) is 0 Å². The molecule has 1 aliphatic carbocycles. The van der Waals surface area contributed by atoms with Crippen molar-refractivity contribution in [2.24, 2.45) is 0 Å². The van der Waals surface area contributed by atoms with Gasteiger partial charge in [-0.2, -0.15) is 0 Å². The Morgan fingerprint density at radius 1 is 1.12 bits per heavy atom. The third-order valence-electron chi connectivity index (χ3n) is 6.04. The summed E-state index contributed by atoms with van der Waals surface area (Å²) in [4.78, 5) is 46.0. The van der Waals surface area contributed by atoms with Gasteiger partial charge in [-0.3, -0.25) is 19.0 Å². The number of rotatable bonds is 10. The summed E-state index contributed by atoms with van der Waals surface area (Å²) in [5.74, 6) is -0.628. The largest absolute Gasteiger partial charge is 0.355 e. The van der Waals surface area contributed by atoms with Gasteiger partial charge in [-0.15, -0.1) is 11.3 Å². The Hall–Kier alpha value is -3.04. The van der Waals surface area contributed by atoms with Crippen LogP contribution >= 0.6 is 11.3 Å². The Morgan fingerprint density at radius 3 is 2.74 bits per heavy atom. The summed E-state index contributed by atoms with van der Waals surface area (Å²) in [6, 6.07) is 10.2. The van der Waals surface area contributed by atoms with Crippen molar-refractivity contribution in [3.63, 3.8) is 0 Å². The first-order valence-corrected chi connectivity index (χ1v) is 12.6. The first-order chi connectivity index (χ1) is 16.5. The zero-order valence-electron chi connectivity index (χ0n) is 19.5. The van der Waals surface area contributed by atoms with Crippen molar-refractivity contribution in [1.82, 2.24) is 25.1 Å². The summed E-state index contributed by atoms with van der Waals surface area (Å²) < 4.78 is 1.33. The Balaban J connectivity index is 1.19. The van der Waals surface area contributed by atoms with Crippen molar-refractivity contribution in [3.8, 4) is 0 Å². The smallest absolute Gasteiger partial charge is 0.262 e. The Labute approximate surface area is 203 Å². The Kier molecular flexibility index (Phi) is 8.08. The predicted octanol–water partition coefficient (Wildman–Crippen LogP) is 2.09. The molecule has 34 heavy (non-hydrogen) atoms. The fourth-order valence-electron chi connectivity index (χ4n) is 4.30. The molecule has 0 fully saturated rings. The van der Waals surface area contributed by atoms with Crippen LogP contribution in [0.1, 0.15) is 35.3 Å². The molecule has 2 aromatic heterocycles. The molecule has 4 rings (SSSR count). The van der Waals surface area contributed by atoms with E-state index in [-0.39, 0.29) is 30.5 Å².